The average Bonchev–Trinajstić information content (AvgIpc) is 3.46. The number of carbonyl (C=O) groups is 1. The van der Waals surface area contributed by atoms with Gasteiger partial charge in [-0.1, -0.05) is 18.2 Å². The lowest BCUT2D eigenvalue weighted by atomic mass is 10.2. The van der Waals surface area contributed by atoms with Crippen molar-refractivity contribution < 1.29 is 9.21 Å². The van der Waals surface area contributed by atoms with Gasteiger partial charge in [-0.25, -0.2) is 9.97 Å². The molecule has 1 atom stereocenters. The van der Waals surface area contributed by atoms with Gasteiger partial charge in [0.2, 0.25) is 0 Å². The molecule has 5 rings (SSSR count). The van der Waals surface area contributed by atoms with E-state index in [1.165, 1.54) is 0 Å². The first-order valence-electron chi connectivity index (χ1n) is 9.01. The predicted octanol–water partition coefficient (Wildman–Crippen LogP) is 3.78. The highest BCUT2D eigenvalue weighted by atomic mass is 16.3. The van der Waals surface area contributed by atoms with Crippen LogP contribution in [0, 0.1) is 0 Å². The highest BCUT2D eigenvalue weighted by Crippen LogP contribution is 2.32. The summed E-state index contributed by atoms with van der Waals surface area (Å²) in [5.41, 5.74) is 3.33. The number of aromatic nitrogens is 3. The molecule has 0 radical (unpaired) electrons. The minimum atomic E-state index is 0.0698. The second-order valence-electron chi connectivity index (χ2n) is 6.72. The number of hydrogen-bond acceptors (Lipinski definition) is 4. The van der Waals surface area contributed by atoms with Gasteiger partial charge < -0.3 is 13.9 Å². The van der Waals surface area contributed by atoms with Crippen molar-refractivity contribution in [1.82, 2.24) is 19.4 Å². The summed E-state index contributed by atoms with van der Waals surface area (Å²) in [6, 6.07) is 15.3. The molecule has 0 N–H and O–H groups in total. The van der Waals surface area contributed by atoms with E-state index in [1.807, 2.05) is 53.4 Å². The van der Waals surface area contributed by atoms with Crippen LogP contribution in [0.4, 0.5) is 0 Å². The quantitative estimate of drug-likeness (QED) is 0.559. The van der Waals surface area contributed by atoms with Crippen LogP contribution in [0.25, 0.3) is 22.6 Å². The van der Waals surface area contributed by atoms with Crippen molar-refractivity contribution in [3.63, 3.8) is 0 Å². The molecule has 0 saturated carbocycles. The minimum Gasteiger partial charge on any atom is -0.472 e. The molecular formula is C21H18N4O2. The number of nitrogens with zero attached hydrogens (tertiary/aromatic N) is 4. The van der Waals surface area contributed by atoms with E-state index in [0.29, 0.717) is 6.54 Å². The predicted molar refractivity (Wildman–Crippen MR) is 101 cm³/mol. The summed E-state index contributed by atoms with van der Waals surface area (Å²) in [5.74, 6) is 0.900. The van der Waals surface area contributed by atoms with Crippen LogP contribution in [0.5, 0.6) is 0 Å². The Kier molecular flexibility index (Phi) is 3.74. The van der Waals surface area contributed by atoms with Crippen LogP contribution in [0.3, 0.4) is 0 Å². The van der Waals surface area contributed by atoms with E-state index in [1.54, 1.807) is 18.7 Å². The smallest absolute Gasteiger partial charge is 0.253 e. The molecule has 1 aliphatic heterocycles. The van der Waals surface area contributed by atoms with Gasteiger partial charge in [0, 0.05) is 24.8 Å². The lowest BCUT2D eigenvalue weighted by Crippen LogP contribution is -2.29. The van der Waals surface area contributed by atoms with Crippen LogP contribution in [0.15, 0.2) is 71.7 Å². The summed E-state index contributed by atoms with van der Waals surface area (Å²) in [7, 11) is 0. The van der Waals surface area contributed by atoms with Gasteiger partial charge in [0.25, 0.3) is 5.91 Å². The Morgan fingerprint density at radius 3 is 2.81 bits per heavy atom. The largest absolute Gasteiger partial charge is 0.472 e. The summed E-state index contributed by atoms with van der Waals surface area (Å²) in [4.78, 5) is 24.0. The molecule has 1 aliphatic rings. The van der Waals surface area contributed by atoms with E-state index in [9.17, 15) is 4.79 Å². The molecule has 27 heavy (non-hydrogen) atoms. The third-order valence-electron chi connectivity index (χ3n) is 5.06. The number of imidazole rings is 1. The summed E-state index contributed by atoms with van der Waals surface area (Å²) >= 11 is 0. The van der Waals surface area contributed by atoms with Gasteiger partial charge in [0.05, 0.1) is 17.9 Å². The van der Waals surface area contributed by atoms with E-state index in [0.717, 1.165) is 41.1 Å². The van der Waals surface area contributed by atoms with Crippen LogP contribution in [0.2, 0.25) is 0 Å². The van der Waals surface area contributed by atoms with E-state index in [-0.39, 0.29) is 11.9 Å². The lowest BCUT2D eigenvalue weighted by Gasteiger charge is -2.18. The molecule has 3 aromatic heterocycles. The average molecular weight is 358 g/mol. The maximum absolute atomic E-state index is 12.8. The molecule has 134 valence electrons. The highest BCUT2D eigenvalue weighted by Gasteiger charge is 2.31. The number of benzene rings is 1. The molecule has 0 bridgehead atoms. The fraction of sp³-hybridized carbons (Fsp3) is 0.190. The molecule has 0 spiro atoms. The Hall–Kier alpha value is -3.41. The van der Waals surface area contributed by atoms with Crippen LogP contribution in [-0.4, -0.2) is 38.4 Å². The van der Waals surface area contributed by atoms with Crippen molar-refractivity contribution in [1.29, 1.82) is 0 Å². The molecule has 0 unspecified atom stereocenters. The molecule has 6 nitrogen and oxygen atoms in total. The molecule has 1 fully saturated rings. The van der Waals surface area contributed by atoms with Crippen molar-refractivity contribution in [2.45, 2.75) is 12.5 Å². The van der Waals surface area contributed by atoms with Gasteiger partial charge in [-0.05, 0) is 36.8 Å². The number of hydrogen-bond donors (Lipinski definition) is 0. The zero-order valence-corrected chi connectivity index (χ0v) is 14.7. The van der Waals surface area contributed by atoms with E-state index >= 15 is 0 Å². The van der Waals surface area contributed by atoms with Crippen molar-refractivity contribution in [2.24, 2.45) is 0 Å². The zero-order valence-electron chi connectivity index (χ0n) is 14.7. The van der Waals surface area contributed by atoms with Crippen molar-refractivity contribution in [3.05, 3.63) is 72.8 Å². The molecule has 4 aromatic rings. The Labute approximate surface area is 156 Å². The van der Waals surface area contributed by atoms with Gasteiger partial charge >= 0.3 is 0 Å². The summed E-state index contributed by atoms with van der Waals surface area (Å²) < 4.78 is 7.41. The second-order valence-corrected chi connectivity index (χ2v) is 6.72. The first kappa shape index (κ1) is 15.8. The number of likely N-dealkylation sites (tertiary alicyclic amines) is 1. The molecule has 0 aliphatic carbocycles. The van der Waals surface area contributed by atoms with Gasteiger partial charge in [-0.15, -0.1) is 0 Å². The van der Waals surface area contributed by atoms with E-state index < -0.39 is 0 Å². The minimum absolute atomic E-state index is 0.0698. The fourth-order valence-electron chi connectivity index (χ4n) is 3.77. The first-order valence-corrected chi connectivity index (χ1v) is 9.01. The fourth-order valence-corrected chi connectivity index (χ4v) is 3.77. The Morgan fingerprint density at radius 1 is 1.11 bits per heavy atom. The van der Waals surface area contributed by atoms with Crippen molar-refractivity contribution >= 4 is 17.1 Å². The normalized spacial score (nSPS) is 16.9. The maximum Gasteiger partial charge on any atom is 0.253 e. The second kappa shape index (κ2) is 6.39. The topological polar surface area (TPSA) is 64.2 Å². The van der Waals surface area contributed by atoms with Gasteiger partial charge in [0.15, 0.2) is 5.65 Å². The van der Waals surface area contributed by atoms with Crippen LogP contribution in [0.1, 0.15) is 22.8 Å². The van der Waals surface area contributed by atoms with Crippen LogP contribution >= 0.6 is 0 Å². The Balaban J connectivity index is 1.51. The number of furan rings is 1. The first-order chi connectivity index (χ1) is 13.3. The van der Waals surface area contributed by atoms with Gasteiger partial charge in [-0.2, -0.15) is 0 Å². The number of rotatable bonds is 3. The zero-order chi connectivity index (χ0) is 18.2. The number of amides is 1. The van der Waals surface area contributed by atoms with Gasteiger partial charge in [-0.3, -0.25) is 4.79 Å². The number of carbonyl (C=O) groups excluding carboxylic acids is 1. The lowest BCUT2D eigenvalue weighted by molar-refractivity contribution is 0.0788. The number of fused-ring (bicyclic) bond motifs is 1. The molecule has 6 heteroatoms. The highest BCUT2D eigenvalue weighted by molar-refractivity contribution is 5.94. The van der Waals surface area contributed by atoms with Gasteiger partial charge in [0.1, 0.15) is 17.6 Å². The van der Waals surface area contributed by atoms with Crippen molar-refractivity contribution in [3.8, 4) is 11.4 Å². The van der Waals surface area contributed by atoms with E-state index in [4.69, 9.17) is 9.40 Å². The number of pyridine rings is 1. The standard InChI is InChI=1S/C21H18N4O2/c26-21(15-5-2-1-3-6-15)24-11-8-17(13-24)25-19(16-9-12-27-14-16)23-18-7-4-10-22-20(18)25/h1-7,9-10,12,14,17H,8,11,13H2/t17-/m1/s1. The maximum atomic E-state index is 12.8. The van der Waals surface area contributed by atoms with E-state index in [2.05, 4.69) is 9.55 Å². The molecule has 1 amide bonds. The van der Waals surface area contributed by atoms with Crippen LogP contribution < -0.4 is 0 Å². The Morgan fingerprint density at radius 2 is 2.00 bits per heavy atom. The molecule has 1 saturated heterocycles. The molecular weight excluding hydrogens is 340 g/mol. The molecule has 4 heterocycles. The third kappa shape index (κ3) is 2.70. The Bertz CT molecular complexity index is 1090. The summed E-state index contributed by atoms with van der Waals surface area (Å²) in [5, 5.41) is 0. The molecule has 1 aromatic carbocycles. The summed E-state index contributed by atoms with van der Waals surface area (Å²) in [6.07, 6.45) is 5.98. The monoisotopic (exact) mass is 358 g/mol. The summed E-state index contributed by atoms with van der Waals surface area (Å²) in [6.45, 7) is 1.36. The third-order valence-corrected chi connectivity index (χ3v) is 5.06. The SMILES string of the molecule is O=C(c1ccccc1)N1CC[C@@H](n2c(-c3ccoc3)nc3cccnc32)C1. The van der Waals surface area contributed by atoms with Crippen molar-refractivity contribution in [2.75, 3.05) is 13.1 Å². The van der Waals surface area contributed by atoms with Crippen LogP contribution in [-0.2, 0) is 0 Å².